The third-order valence-electron chi connectivity index (χ3n) is 2.68. The van der Waals surface area contributed by atoms with Gasteiger partial charge in [-0.15, -0.1) is 11.8 Å². The van der Waals surface area contributed by atoms with Gasteiger partial charge in [0.1, 0.15) is 11.4 Å². The SMILES string of the molecule is COc1ccc(N)c(SCC(=O)NC(=O)c2ccc[nH]2)c1. The molecule has 0 spiro atoms. The van der Waals surface area contributed by atoms with Crippen molar-refractivity contribution >= 4 is 29.3 Å². The van der Waals surface area contributed by atoms with Gasteiger partial charge in [-0.1, -0.05) is 0 Å². The number of nitrogens with one attached hydrogen (secondary N) is 2. The fourth-order valence-corrected chi connectivity index (χ4v) is 2.40. The second-order valence-electron chi connectivity index (χ2n) is 4.15. The number of anilines is 1. The molecule has 7 heteroatoms. The summed E-state index contributed by atoms with van der Waals surface area (Å²) in [6.45, 7) is 0. The van der Waals surface area contributed by atoms with Crippen LogP contribution in [0.5, 0.6) is 5.75 Å². The van der Waals surface area contributed by atoms with E-state index in [1.54, 1.807) is 43.6 Å². The number of imide groups is 1. The summed E-state index contributed by atoms with van der Waals surface area (Å²) in [6.07, 6.45) is 1.62. The quantitative estimate of drug-likeness (QED) is 0.576. The van der Waals surface area contributed by atoms with E-state index in [0.717, 1.165) is 4.90 Å². The zero-order chi connectivity index (χ0) is 15.2. The number of nitrogen functional groups attached to an aromatic ring is 1. The van der Waals surface area contributed by atoms with Crippen LogP contribution in [0.3, 0.4) is 0 Å². The van der Waals surface area contributed by atoms with Gasteiger partial charge in [0.05, 0.1) is 12.9 Å². The van der Waals surface area contributed by atoms with Gasteiger partial charge in [0.25, 0.3) is 5.91 Å². The van der Waals surface area contributed by atoms with Gasteiger partial charge in [0, 0.05) is 16.8 Å². The van der Waals surface area contributed by atoms with Gasteiger partial charge in [-0.05, 0) is 30.3 Å². The standard InChI is InChI=1S/C14H15N3O3S/c1-20-9-4-5-10(15)12(7-9)21-8-13(18)17-14(19)11-3-2-6-16-11/h2-7,16H,8,15H2,1H3,(H,17,18,19). The maximum absolute atomic E-state index is 11.7. The van der Waals surface area contributed by atoms with Crippen molar-refractivity contribution in [3.05, 3.63) is 42.2 Å². The minimum Gasteiger partial charge on any atom is -0.497 e. The molecule has 0 saturated heterocycles. The number of ether oxygens (including phenoxy) is 1. The van der Waals surface area contributed by atoms with Crippen LogP contribution in [-0.2, 0) is 4.79 Å². The molecule has 0 fully saturated rings. The summed E-state index contributed by atoms with van der Waals surface area (Å²) in [5.74, 6) is -0.0929. The van der Waals surface area contributed by atoms with Crippen molar-refractivity contribution < 1.29 is 14.3 Å². The lowest BCUT2D eigenvalue weighted by Crippen LogP contribution is -2.32. The number of nitrogens with two attached hydrogens (primary N) is 1. The van der Waals surface area contributed by atoms with Gasteiger partial charge in [0.15, 0.2) is 0 Å². The van der Waals surface area contributed by atoms with Gasteiger partial charge < -0.3 is 15.5 Å². The third kappa shape index (κ3) is 4.03. The number of H-pyrrole nitrogens is 1. The molecule has 2 amide bonds. The molecule has 1 heterocycles. The molecule has 0 aliphatic rings. The second-order valence-corrected chi connectivity index (χ2v) is 5.17. The molecule has 21 heavy (non-hydrogen) atoms. The molecule has 2 rings (SSSR count). The highest BCUT2D eigenvalue weighted by molar-refractivity contribution is 8.00. The minimum absolute atomic E-state index is 0.0871. The molecule has 4 N–H and O–H groups in total. The van der Waals surface area contributed by atoms with Crippen molar-refractivity contribution in [1.29, 1.82) is 0 Å². The Morgan fingerprint density at radius 3 is 2.86 bits per heavy atom. The first-order valence-corrected chi connectivity index (χ1v) is 7.12. The van der Waals surface area contributed by atoms with Crippen LogP contribution in [-0.4, -0.2) is 29.7 Å². The van der Waals surface area contributed by atoms with Crippen molar-refractivity contribution in [1.82, 2.24) is 10.3 Å². The Balaban J connectivity index is 1.91. The highest BCUT2D eigenvalue weighted by Crippen LogP contribution is 2.28. The Morgan fingerprint density at radius 1 is 1.38 bits per heavy atom. The molecule has 0 unspecified atom stereocenters. The average Bonchev–Trinajstić information content (AvgIpc) is 3.00. The average molecular weight is 305 g/mol. The largest absolute Gasteiger partial charge is 0.497 e. The lowest BCUT2D eigenvalue weighted by Gasteiger charge is -2.07. The molecule has 6 nitrogen and oxygen atoms in total. The van der Waals surface area contributed by atoms with Gasteiger partial charge in [-0.25, -0.2) is 0 Å². The minimum atomic E-state index is -0.454. The van der Waals surface area contributed by atoms with Crippen LogP contribution in [0.1, 0.15) is 10.5 Å². The van der Waals surface area contributed by atoms with E-state index in [2.05, 4.69) is 10.3 Å². The topological polar surface area (TPSA) is 97.2 Å². The van der Waals surface area contributed by atoms with Crippen LogP contribution in [0.2, 0.25) is 0 Å². The van der Waals surface area contributed by atoms with E-state index in [9.17, 15) is 9.59 Å². The first-order chi connectivity index (χ1) is 10.1. The monoisotopic (exact) mass is 305 g/mol. The first kappa shape index (κ1) is 15.0. The number of aromatic nitrogens is 1. The number of carbonyl (C=O) groups excluding carboxylic acids is 2. The van der Waals surface area contributed by atoms with Crippen molar-refractivity contribution in [2.45, 2.75) is 4.90 Å². The molecular weight excluding hydrogens is 290 g/mol. The van der Waals surface area contributed by atoms with Crippen molar-refractivity contribution in [3.63, 3.8) is 0 Å². The Kier molecular flexibility index (Phi) is 4.89. The molecule has 0 aliphatic carbocycles. The van der Waals surface area contributed by atoms with E-state index in [4.69, 9.17) is 10.5 Å². The molecule has 0 saturated carbocycles. The Bertz CT molecular complexity index is 641. The normalized spacial score (nSPS) is 10.1. The van der Waals surface area contributed by atoms with Gasteiger partial charge >= 0.3 is 0 Å². The summed E-state index contributed by atoms with van der Waals surface area (Å²) in [5.41, 5.74) is 6.73. The van der Waals surface area contributed by atoms with E-state index in [0.29, 0.717) is 17.1 Å². The van der Waals surface area contributed by atoms with Gasteiger partial charge in [0.2, 0.25) is 5.91 Å². The summed E-state index contributed by atoms with van der Waals surface area (Å²) in [7, 11) is 1.56. The number of hydrogen-bond donors (Lipinski definition) is 3. The summed E-state index contributed by atoms with van der Waals surface area (Å²) in [4.78, 5) is 26.9. The fraction of sp³-hybridized carbons (Fsp3) is 0.143. The zero-order valence-electron chi connectivity index (χ0n) is 11.4. The number of aromatic amines is 1. The maximum atomic E-state index is 11.7. The van der Waals surface area contributed by atoms with Crippen LogP contribution >= 0.6 is 11.8 Å². The Labute approximate surface area is 126 Å². The van der Waals surface area contributed by atoms with E-state index in [1.807, 2.05) is 0 Å². The van der Waals surface area contributed by atoms with Crippen molar-refractivity contribution in [2.75, 3.05) is 18.6 Å². The molecule has 0 atom stereocenters. The Hall–Kier alpha value is -2.41. The number of hydrogen-bond acceptors (Lipinski definition) is 5. The summed E-state index contributed by atoms with van der Waals surface area (Å²) >= 11 is 1.24. The summed E-state index contributed by atoms with van der Waals surface area (Å²) < 4.78 is 5.10. The van der Waals surface area contributed by atoms with Crippen molar-refractivity contribution in [3.8, 4) is 5.75 Å². The smallest absolute Gasteiger partial charge is 0.274 e. The first-order valence-electron chi connectivity index (χ1n) is 6.14. The molecule has 110 valence electrons. The predicted molar refractivity (Wildman–Crippen MR) is 81.4 cm³/mol. The number of benzene rings is 1. The summed E-state index contributed by atoms with van der Waals surface area (Å²) in [5, 5.41) is 2.30. The van der Waals surface area contributed by atoms with E-state index in [1.165, 1.54) is 11.8 Å². The molecule has 1 aromatic heterocycles. The fourth-order valence-electron chi connectivity index (χ4n) is 1.61. The van der Waals surface area contributed by atoms with E-state index < -0.39 is 5.91 Å². The van der Waals surface area contributed by atoms with E-state index >= 15 is 0 Å². The molecule has 0 aliphatic heterocycles. The van der Waals surface area contributed by atoms with Crippen LogP contribution in [0.4, 0.5) is 5.69 Å². The number of carbonyl (C=O) groups is 2. The Morgan fingerprint density at radius 2 is 2.19 bits per heavy atom. The number of rotatable bonds is 5. The zero-order valence-corrected chi connectivity index (χ0v) is 12.2. The molecule has 2 aromatic rings. The number of methoxy groups -OCH3 is 1. The molecule has 0 radical (unpaired) electrons. The van der Waals surface area contributed by atoms with Crippen LogP contribution in [0.25, 0.3) is 0 Å². The van der Waals surface area contributed by atoms with Crippen molar-refractivity contribution in [2.24, 2.45) is 0 Å². The predicted octanol–water partition coefficient (Wildman–Crippen LogP) is 1.65. The second kappa shape index (κ2) is 6.85. The lowest BCUT2D eigenvalue weighted by molar-refractivity contribution is -0.117. The van der Waals surface area contributed by atoms with Crippen LogP contribution in [0, 0.1) is 0 Å². The van der Waals surface area contributed by atoms with Gasteiger partial charge in [-0.3, -0.25) is 14.9 Å². The van der Waals surface area contributed by atoms with Crippen LogP contribution in [0.15, 0.2) is 41.4 Å². The van der Waals surface area contributed by atoms with Crippen LogP contribution < -0.4 is 15.8 Å². The third-order valence-corrected chi connectivity index (χ3v) is 3.75. The molecule has 0 bridgehead atoms. The molecular formula is C14H15N3O3S. The summed E-state index contributed by atoms with van der Waals surface area (Å²) in [6, 6.07) is 8.48. The van der Waals surface area contributed by atoms with Gasteiger partial charge in [-0.2, -0.15) is 0 Å². The molecule has 1 aromatic carbocycles. The lowest BCUT2D eigenvalue weighted by atomic mass is 10.3. The maximum Gasteiger partial charge on any atom is 0.274 e. The number of thioether (sulfide) groups is 1. The number of amides is 2. The highest BCUT2D eigenvalue weighted by atomic mass is 32.2. The highest BCUT2D eigenvalue weighted by Gasteiger charge is 2.12. The van der Waals surface area contributed by atoms with E-state index in [-0.39, 0.29) is 11.7 Å².